The van der Waals surface area contributed by atoms with Crippen molar-refractivity contribution in [1.82, 2.24) is 15.0 Å². The van der Waals surface area contributed by atoms with Gasteiger partial charge in [-0.25, -0.2) is 13.1 Å². The number of sulfonamides is 1. The van der Waals surface area contributed by atoms with Crippen LogP contribution in [0.15, 0.2) is 90.1 Å². The predicted octanol–water partition coefficient (Wildman–Crippen LogP) is 3.28. The maximum Gasteiger partial charge on any atom is 0.252 e. The summed E-state index contributed by atoms with van der Waals surface area (Å²) in [6.07, 6.45) is 2.66. The van der Waals surface area contributed by atoms with Crippen molar-refractivity contribution in [3.8, 4) is 0 Å². The van der Waals surface area contributed by atoms with Gasteiger partial charge in [-0.3, -0.25) is 14.6 Å². The van der Waals surface area contributed by atoms with Gasteiger partial charge in [-0.1, -0.05) is 48.5 Å². The third kappa shape index (κ3) is 6.23. The largest absolute Gasteiger partial charge is 0.345 e. The predicted molar refractivity (Wildman–Crippen MR) is 147 cm³/mol. The molecule has 4 rings (SSSR count). The lowest BCUT2D eigenvalue weighted by Gasteiger charge is -2.18. The van der Waals surface area contributed by atoms with Gasteiger partial charge in [-0.05, 0) is 60.0 Å². The molecule has 0 unspecified atom stereocenters. The summed E-state index contributed by atoms with van der Waals surface area (Å²) in [5, 5.41) is 7.85. The van der Waals surface area contributed by atoms with Crippen LogP contribution in [-0.4, -0.2) is 37.8 Å². The molecule has 0 saturated carbocycles. The van der Waals surface area contributed by atoms with Gasteiger partial charge in [0, 0.05) is 30.2 Å². The highest BCUT2D eigenvalue weighted by atomic mass is 32.2. The van der Waals surface area contributed by atoms with E-state index in [1.165, 1.54) is 24.5 Å². The second-order valence-electron chi connectivity index (χ2n) is 8.93. The van der Waals surface area contributed by atoms with E-state index in [9.17, 15) is 18.0 Å². The molecule has 9 nitrogen and oxygen atoms in total. The molecule has 3 aromatic carbocycles. The number of nitrogens with one attached hydrogen (secondary N) is 3. The zero-order chi connectivity index (χ0) is 27.3. The van der Waals surface area contributed by atoms with Gasteiger partial charge in [0.25, 0.3) is 5.91 Å². The summed E-state index contributed by atoms with van der Waals surface area (Å²) in [5.74, 6) is -0.884. The monoisotopic (exact) mass is 531 g/mol. The van der Waals surface area contributed by atoms with Crippen LogP contribution < -0.4 is 21.1 Å². The Bertz CT molecular complexity index is 1570. The lowest BCUT2D eigenvalue weighted by Crippen LogP contribution is -2.45. The number of nitrogens with two attached hydrogens (primary N) is 1. The van der Waals surface area contributed by atoms with E-state index in [-0.39, 0.29) is 23.4 Å². The van der Waals surface area contributed by atoms with Gasteiger partial charge < -0.3 is 16.4 Å². The van der Waals surface area contributed by atoms with E-state index in [0.717, 1.165) is 21.9 Å². The lowest BCUT2D eigenvalue weighted by molar-refractivity contribution is -0.117. The van der Waals surface area contributed by atoms with Crippen LogP contribution in [0.3, 0.4) is 0 Å². The van der Waals surface area contributed by atoms with Crippen LogP contribution >= 0.6 is 0 Å². The Balaban J connectivity index is 1.41. The van der Waals surface area contributed by atoms with Crippen molar-refractivity contribution in [1.29, 1.82) is 0 Å². The standard InChI is InChI=1S/C28H29N5O4S/c1-18-12-13-21(33-28(35)26(29)17-31-38(36,37)22-9-6-14-30-16-22)15-25(18)27(34)32-19(2)23-11-5-8-20-7-3-4-10-24(20)23/h3-16,19,26,31H,17,29H2,1-2H3,(H,32,34)(H,33,35)/t19-,26+/m1/s1. The number of aromatic nitrogens is 1. The minimum absolute atomic E-state index is 0.0282. The fraction of sp³-hybridized carbons (Fsp3) is 0.179. The minimum Gasteiger partial charge on any atom is -0.345 e. The Labute approximate surface area is 221 Å². The third-order valence-corrected chi connectivity index (χ3v) is 7.57. The Morgan fingerprint density at radius 1 is 1.00 bits per heavy atom. The summed E-state index contributed by atoms with van der Waals surface area (Å²) < 4.78 is 27.0. The second kappa shape index (κ2) is 11.5. The van der Waals surface area contributed by atoms with E-state index in [1.807, 2.05) is 56.3 Å². The molecule has 10 heteroatoms. The Morgan fingerprint density at radius 3 is 2.53 bits per heavy atom. The van der Waals surface area contributed by atoms with Gasteiger partial charge in [0.15, 0.2) is 0 Å². The Hall–Kier alpha value is -4.12. The molecule has 0 spiro atoms. The molecular formula is C28H29N5O4S. The maximum absolute atomic E-state index is 13.2. The lowest BCUT2D eigenvalue weighted by atomic mass is 9.99. The van der Waals surface area contributed by atoms with Crippen molar-refractivity contribution in [2.45, 2.75) is 30.8 Å². The van der Waals surface area contributed by atoms with Crippen molar-refractivity contribution < 1.29 is 18.0 Å². The first-order valence-corrected chi connectivity index (χ1v) is 13.5. The first-order valence-electron chi connectivity index (χ1n) is 12.0. The number of benzene rings is 3. The summed E-state index contributed by atoms with van der Waals surface area (Å²) in [6.45, 7) is 3.42. The number of rotatable bonds is 9. The Morgan fingerprint density at radius 2 is 1.76 bits per heavy atom. The summed E-state index contributed by atoms with van der Waals surface area (Å²) >= 11 is 0. The van der Waals surface area contributed by atoms with Crippen LogP contribution in [0.5, 0.6) is 0 Å². The molecule has 0 aliphatic heterocycles. The number of aryl methyl sites for hydroxylation is 1. The van der Waals surface area contributed by atoms with Crippen molar-refractivity contribution in [3.63, 3.8) is 0 Å². The molecule has 0 aliphatic carbocycles. The number of anilines is 1. The first kappa shape index (κ1) is 26.9. The number of hydrogen-bond donors (Lipinski definition) is 4. The topological polar surface area (TPSA) is 143 Å². The molecule has 4 aromatic rings. The van der Waals surface area contributed by atoms with Crippen molar-refractivity contribution >= 4 is 38.3 Å². The molecular weight excluding hydrogens is 502 g/mol. The molecule has 0 saturated heterocycles. The number of nitrogens with zero attached hydrogens (tertiary/aromatic N) is 1. The van der Waals surface area contributed by atoms with E-state index in [2.05, 4.69) is 20.3 Å². The third-order valence-electron chi connectivity index (χ3n) is 6.16. The van der Waals surface area contributed by atoms with Gasteiger partial charge in [-0.2, -0.15) is 0 Å². The molecule has 0 radical (unpaired) electrons. The smallest absolute Gasteiger partial charge is 0.252 e. The van der Waals surface area contributed by atoms with E-state index in [4.69, 9.17) is 5.73 Å². The van der Waals surface area contributed by atoms with E-state index >= 15 is 0 Å². The summed E-state index contributed by atoms with van der Waals surface area (Å²) in [4.78, 5) is 29.6. The van der Waals surface area contributed by atoms with Gasteiger partial charge in [0.05, 0.1) is 12.1 Å². The highest BCUT2D eigenvalue weighted by Gasteiger charge is 2.21. The van der Waals surface area contributed by atoms with Crippen LogP contribution in [0.2, 0.25) is 0 Å². The molecule has 196 valence electrons. The fourth-order valence-electron chi connectivity index (χ4n) is 4.04. The number of carbonyl (C=O) groups is 2. The number of pyridine rings is 1. The van der Waals surface area contributed by atoms with Crippen LogP contribution in [0, 0.1) is 6.92 Å². The summed E-state index contributed by atoms with van der Waals surface area (Å²) in [5.41, 5.74) is 8.43. The zero-order valence-electron chi connectivity index (χ0n) is 21.0. The molecule has 1 heterocycles. The summed E-state index contributed by atoms with van der Waals surface area (Å²) in [7, 11) is -3.86. The molecule has 2 amide bonds. The molecule has 2 atom stereocenters. The number of hydrogen-bond acceptors (Lipinski definition) is 6. The van der Waals surface area contributed by atoms with Crippen LogP contribution in [0.4, 0.5) is 5.69 Å². The van der Waals surface area contributed by atoms with Crippen LogP contribution in [0.1, 0.15) is 34.5 Å². The molecule has 0 fully saturated rings. The molecule has 0 aliphatic rings. The van der Waals surface area contributed by atoms with E-state index < -0.39 is 22.0 Å². The van der Waals surface area contributed by atoms with Gasteiger partial charge in [-0.15, -0.1) is 0 Å². The molecule has 38 heavy (non-hydrogen) atoms. The quantitative estimate of drug-likeness (QED) is 0.261. The van der Waals surface area contributed by atoms with E-state index in [1.54, 1.807) is 18.2 Å². The summed E-state index contributed by atoms with van der Waals surface area (Å²) in [6, 6.07) is 20.4. The minimum atomic E-state index is -3.86. The number of carbonyl (C=O) groups excluding carboxylic acids is 2. The van der Waals surface area contributed by atoms with Crippen molar-refractivity contribution in [2.24, 2.45) is 5.73 Å². The van der Waals surface area contributed by atoms with Crippen LogP contribution in [0.25, 0.3) is 10.8 Å². The second-order valence-corrected chi connectivity index (χ2v) is 10.7. The average Bonchev–Trinajstić information content (AvgIpc) is 2.92. The van der Waals surface area contributed by atoms with Gasteiger partial charge in [0.1, 0.15) is 4.90 Å². The van der Waals surface area contributed by atoms with E-state index in [0.29, 0.717) is 11.3 Å². The van der Waals surface area contributed by atoms with Crippen molar-refractivity contribution in [2.75, 3.05) is 11.9 Å². The average molecular weight is 532 g/mol. The maximum atomic E-state index is 13.2. The number of amides is 2. The molecule has 5 N–H and O–H groups in total. The Kier molecular flexibility index (Phi) is 8.16. The molecule has 0 bridgehead atoms. The zero-order valence-corrected chi connectivity index (χ0v) is 21.8. The van der Waals surface area contributed by atoms with Crippen molar-refractivity contribution in [3.05, 3.63) is 102 Å². The SMILES string of the molecule is Cc1ccc(NC(=O)[C@@H](N)CNS(=O)(=O)c2cccnc2)cc1C(=O)N[C@H](C)c1cccc2ccccc12. The first-order chi connectivity index (χ1) is 18.2. The van der Waals surface area contributed by atoms with Gasteiger partial charge >= 0.3 is 0 Å². The van der Waals surface area contributed by atoms with Gasteiger partial charge in [0.2, 0.25) is 15.9 Å². The van der Waals surface area contributed by atoms with Crippen LogP contribution in [-0.2, 0) is 14.8 Å². The number of fused-ring (bicyclic) bond motifs is 1. The highest BCUT2D eigenvalue weighted by Crippen LogP contribution is 2.25. The fourth-order valence-corrected chi connectivity index (χ4v) is 5.06. The molecule has 1 aromatic heterocycles. The highest BCUT2D eigenvalue weighted by molar-refractivity contribution is 7.89. The normalized spacial score (nSPS) is 13.0.